The highest BCUT2D eigenvalue weighted by molar-refractivity contribution is 5.73. The Kier molecular flexibility index (Phi) is 6.87. The third-order valence-corrected chi connectivity index (χ3v) is 5.77. The Labute approximate surface area is 198 Å². The van der Waals surface area contributed by atoms with Crippen molar-refractivity contribution in [1.82, 2.24) is 19.4 Å². The number of ether oxygens (including phenoxy) is 2. The monoisotopic (exact) mass is 469 g/mol. The number of imidazole rings is 1. The Morgan fingerprint density at radius 3 is 2.76 bits per heavy atom. The molecule has 0 N–H and O–H groups in total. The van der Waals surface area contributed by atoms with E-state index >= 15 is 0 Å². The van der Waals surface area contributed by atoms with E-state index in [4.69, 9.17) is 9.47 Å². The van der Waals surface area contributed by atoms with Crippen molar-refractivity contribution >= 4 is 17.5 Å². The Morgan fingerprint density at radius 2 is 2.06 bits per heavy atom. The first-order valence-corrected chi connectivity index (χ1v) is 11.5. The maximum atomic E-state index is 12.3. The zero-order chi connectivity index (χ0) is 24.3. The molecule has 0 atom stereocenters. The number of benzene rings is 1. The molecule has 0 radical (unpaired) electrons. The molecule has 1 aromatic carbocycles. The smallest absolute Gasteiger partial charge is 0.414 e. The number of aromatic nitrogens is 2. The first kappa shape index (κ1) is 23.7. The molecule has 0 unspecified atom stereocenters. The van der Waals surface area contributed by atoms with Gasteiger partial charge in [-0.05, 0) is 48.8 Å². The number of fused-ring (bicyclic) bond motifs is 1. The van der Waals surface area contributed by atoms with Gasteiger partial charge in [-0.1, -0.05) is 30.3 Å². The number of hydrogen-bond donors (Lipinski definition) is 0. The van der Waals surface area contributed by atoms with E-state index in [1.54, 1.807) is 9.47 Å². The summed E-state index contributed by atoms with van der Waals surface area (Å²) in [5.74, 6) is -0.192. The van der Waals surface area contributed by atoms with Crippen LogP contribution < -0.4 is 4.74 Å². The summed E-state index contributed by atoms with van der Waals surface area (Å²) in [7, 11) is 0. The van der Waals surface area contributed by atoms with Crippen LogP contribution in [0.3, 0.4) is 0 Å². The molecule has 34 heavy (non-hydrogen) atoms. The van der Waals surface area contributed by atoms with Gasteiger partial charge in [-0.3, -0.25) is 9.47 Å². The number of carbonyl (C=O) groups is 1. The van der Waals surface area contributed by atoms with E-state index in [9.17, 15) is 14.9 Å². The van der Waals surface area contributed by atoms with E-state index in [1.807, 2.05) is 20.8 Å². The van der Waals surface area contributed by atoms with Crippen molar-refractivity contribution in [1.29, 1.82) is 0 Å². The lowest BCUT2D eigenvalue weighted by Gasteiger charge is -2.30. The summed E-state index contributed by atoms with van der Waals surface area (Å²) >= 11 is 0. The molecule has 2 aliphatic heterocycles. The molecule has 1 amide bonds. The van der Waals surface area contributed by atoms with E-state index in [-0.39, 0.29) is 11.9 Å². The molecule has 10 heteroatoms. The predicted molar refractivity (Wildman–Crippen MR) is 126 cm³/mol. The van der Waals surface area contributed by atoms with Gasteiger partial charge >= 0.3 is 17.9 Å². The molecule has 182 valence electrons. The van der Waals surface area contributed by atoms with Crippen molar-refractivity contribution in [2.45, 2.75) is 45.9 Å². The van der Waals surface area contributed by atoms with E-state index in [2.05, 4.69) is 40.2 Å². The van der Waals surface area contributed by atoms with Crippen molar-refractivity contribution in [3.8, 4) is 6.01 Å². The Hall–Kier alpha value is -3.40. The van der Waals surface area contributed by atoms with Crippen LogP contribution in [-0.2, 0) is 17.8 Å². The standard InChI is InChI=1S/C24H31N5O5/c1-24(2,3)34-23(30)27-9-7-19(8-10-27)20-6-4-5-18(15-20)16-26-11-12-28-17-21(29(31)32)25-22(28)33-14-13-26/h4-7,15,17H,8-14,16H2,1-3H3. The summed E-state index contributed by atoms with van der Waals surface area (Å²) < 4.78 is 12.8. The molecule has 0 saturated heterocycles. The minimum Gasteiger partial charge on any atom is -0.444 e. The van der Waals surface area contributed by atoms with Gasteiger partial charge in [-0.2, -0.15) is 0 Å². The van der Waals surface area contributed by atoms with Crippen LogP contribution in [0.4, 0.5) is 10.6 Å². The van der Waals surface area contributed by atoms with Crippen LogP contribution in [-0.4, -0.2) is 68.8 Å². The van der Waals surface area contributed by atoms with Gasteiger partial charge in [0.2, 0.25) is 0 Å². The fourth-order valence-corrected chi connectivity index (χ4v) is 4.09. The van der Waals surface area contributed by atoms with Crippen LogP contribution in [0.1, 0.15) is 38.3 Å². The molecule has 0 bridgehead atoms. The Balaban J connectivity index is 1.37. The largest absolute Gasteiger partial charge is 0.444 e. The summed E-state index contributed by atoms with van der Waals surface area (Å²) in [6.07, 6.45) is 4.03. The number of amides is 1. The molecule has 2 aliphatic rings. The number of rotatable bonds is 4. The van der Waals surface area contributed by atoms with E-state index in [0.717, 1.165) is 25.1 Å². The molecule has 0 saturated carbocycles. The summed E-state index contributed by atoms with van der Waals surface area (Å²) in [6, 6.07) is 8.77. The van der Waals surface area contributed by atoms with Crippen LogP contribution in [0.5, 0.6) is 6.01 Å². The lowest BCUT2D eigenvalue weighted by molar-refractivity contribution is -0.389. The maximum Gasteiger partial charge on any atom is 0.414 e. The molecule has 1 aromatic heterocycles. The highest BCUT2D eigenvalue weighted by Crippen LogP contribution is 2.25. The fourth-order valence-electron chi connectivity index (χ4n) is 4.09. The number of hydrogen-bond acceptors (Lipinski definition) is 7. The maximum absolute atomic E-state index is 12.3. The molecular weight excluding hydrogens is 438 g/mol. The van der Waals surface area contributed by atoms with Crippen LogP contribution in [0.15, 0.2) is 36.5 Å². The van der Waals surface area contributed by atoms with Crippen LogP contribution in [0.2, 0.25) is 0 Å². The lowest BCUT2D eigenvalue weighted by atomic mass is 9.97. The summed E-state index contributed by atoms with van der Waals surface area (Å²) in [4.78, 5) is 30.8. The minimum atomic E-state index is -0.503. The van der Waals surface area contributed by atoms with Gasteiger partial charge in [0, 0.05) is 44.3 Å². The summed E-state index contributed by atoms with van der Waals surface area (Å²) in [6.45, 7) is 9.97. The van der Waals surface area contributed by atoms with Gasteiger partial charge in [-0.25, -0.2) is 4.79 Å². The van der Waals surface area contributed by atoms with Gasteiger partial charge in [0.05, 0.1) is 0 Å². The zero-order valence-electron chi connectivity index (χ0n) is 19.9. The van der Waals surface area contributed by atoms with Crippen LogP contribution in [0, 0.1) is 10.1 Å². The van der Waals surface area contributed by atoms with Crippen LogP contribution >= 0.6 is 0 Å². The highest BCUT2D eigenvalue weighted by Gasteiger charge is 2.25. The quantitative estimate of drug-likeness (QED) is 0.497. The second-order valence-corrected chi connectivity index (χ2v) is 9.56. The molecular formula is C24H31N5O5. The third kappa shape index (κ3) is 5.93. The SMILES string of the molecule is CC(C)(C)OC(=O)N1CC=C(c2cccc(CN3CCOc4nc([N+](=O)[O-])cn4CC3)c2)CC1. The van der Waals surface area contributed by atoms with E-state index in [0.29, 0.717) is 38.8 Å². The number of nitro groups is 1. The number of nitrogens with zero attached hydrogens (tertiary/aromatic N) is 5. The Morgan fingerprint density at radius 1 is 1.24 bits per heavy atom. The van der Waals surface area contributed by atoms with E-state index < -0.39 is 10.5 Å². The molecule has 0 fully saturated rings. The average Bonchev–Trinajstić information content (AvgIpc) is 3.17. The third-order valence-electron chi connectivity index (χ3n) is 5.77. The zero-order valence-corrected chi connectivity index (χ0v) is 19.9. The first-order chi connectivity index (χ1) is 16.2. The number of carbonyl (C=O) groups excluding carboxylic acids is 1. The molecule has 10 nitrogen and oxygen atoms in total. The molecule has 2 aromatic rings. The van der Waals surface area contributed by atoms with Crippen molar-refractivity contribution in [2.75, 3.05) is 32.8 Å². The minimum absolute atomic E-state index is 0.192. The van der Waals surface area contributed by atoms with Gasteiger partial charge in [0.25, 0.3) is 0 Å². The van der Waals surface area contributed by atoms with Crippen molar-refractivity contribution < 1.29 is 19.2 Å². The highest BCUT2D eigenvalue weighted by atomic mass is 16.6. The average molecular weight is 470 g/mol. The van der Waals surface area contributed by atoms with E-state index in [1.165, 1.54) is 17.3 Å². The second kappa shape index (κ2) is 9.84. The van der Waals surface area contributed by atoms with Crippen molar-refractivity contribution in [3.05, 3.63) is 57.8 Å². The second-order valence-electron chi connectivity index (χ2n) is 9.56. The van der Waals surface area contributed by atoms with Gasteiger partial charge in [0.15, 0.2) is 0 Å². The fraction of sp³-hybridized carbons (Fsp3) is 0.500. The van der Waals surface area contributed by atoms with Crippen molar-refractivity contribution in [3.63, 3.8) is 0 Å². The molecule has 3 heterocycles. The first-order valence-electron chi connectivity index (χ1n) is 11.5. The van der Waals surface area contributed by atoms with Gasteiger partial charge in [-0.15, -0.1) is 0 Å². The summed E-state index contributed by atoms with van der Waals surface area (Å²) in [5, 5.41) is 11.0. The molecule has 0 aliphatic carbocycles. The molecule has 0 spiro atoms. The summed E-state index contributed by atoms with van der Waals surface area (Å²) in [5.41, 5.74) is 3.08. The predicted octanol–water partition coefficient (Wildman–Crippen LogP) is 3.71. The van der Waals surface area contributed by atoms with Gasteiger partial charge in [0.1, 0.15) is 18.4 Å². The van der Waals surface area contributed by atoms with Crippen molar-refractivity contribution in [2.24, 2.45) is 0 Å². The lowest BCUT2D eigenvalue weighted by Crippen LogP contribution is -2.39. The normalized spacial score (nSPS) is 17.1. The van der Waals surface area contributed by atoms with Gasteiger partial charge < -0.3 is 24.5 Å². The topological polar surface area (TPSA) is 103 Å². The van der Waals surface area contributed by atoms with Crippen LogP contribution in [0.25, 0.3) is 5.57 Å². The molecule has 4 rings (SSSR count). The Bertz CT molecular complexity index is 1090.